The molecule has 2 saturated heterocycles. The summed E-state index contributed by atoms with van der Waals surface area (Å²) >= 11 is 0. The van der Waals surface area contributed by atoms with E-state index in [1.54, 1.807) is 10.7 Å². The molecule has 0 atom stereocenters. The van der Waals surface area contributed by atoms with Crippen molar-refractivity contribution in [3.8, 4) is 0 Å². The van der Waals surface area contributed by atoms with Crippen molar-refractivity contribution in [2.45, 2.75) is 51.5 Å². The lowest BCUT2D eigenvalue weighted by Gasteiger charge is -2.32. The van der Waals surface area contributed by atoms with Gasteiger partial charge in [-0.15, -0.1) is 0 Å². The third-order valence-electron chi connectivity index (χ3n) is 7.24. The average Bonchev–Trinajstić information content (AvgIpc) is 3.31. The second kappa shape index (κ2) is 9.87. The lowest BCUT2D eigenvalue weighted by Crippen LogP contribution is -2.43. The number of hydrogen-bond acceptors (Lipinski definition) is 3. The summed E-state index contributed by atoms with van der Waals surface area (Å²) in [5.74, 6) is 0.464. The van der Waals surface area contributed by atoms with Crippen LogP contribution in [0.15, 0.2) is 48.8 Å². The molecule has 34 heavy (non-hydrogen) atoms. The molecule has 2 fully saturated rings. The zero-order valence-electron chi connectivity index (χ0n) is 19.9. The predicted molar refractivity (Wildman–Crippen MR) is 132 cm³/mol. The van der Waals surface area contributed by atoms with Crippen molar-refractivity contribution in [2.24, 2.45) is 0 Å². The number of piperidine rings is 2. The lowest BCUT2D eigenvalue weighted by atomic mass is 9.89. The van der Waals surface area contributed by atoms with E-state index in [-0.39, 0.29) is 11.9 Å². The Bertz CT molecular complexity index is 1160. The van der Waals surface area contributed by atoms with Crippen molar-refractivity contribution in [1.82, 2.24) is 24.7 Å². The molecule has 2 aromatic heterocycles. The van der Waals surface area contributed by atoms with E-state index in [9.17, 15) is 9.59 Å². The highest BCUT2D eigenvalue weighted by molar-refractivity contribution is 6.00. The van der Waals surface area contributed by atoms with Gasteiger partial charge in [-0.05, 0) is 68.2 Å². The van der Waals surface area contributed by atoms with Crippen LogP contribution in [-0.4, -0.2) is 57.5 Å². The second-order valence-electron chi connectivity index (χ2n) is 9.61. The molecule has 0 aliphatic carbocycles. The molecule has 7 nitrogen and oxygen atoms in total. The molecule has 7 heteroatoms. The maximum Gasteiger partial charge on any atom is 0.317 e. The molecule has 0 radical (unpaired) electrons. The number of aromatic nitrogens is 2. The smallest absolute Gasteiger partial charge is 0.317 e. The molecule has 3 amide bonds. The van der Waals surface area contributed by atoms with E-state index in [1.807, 2.05) is 16.0 Å². The first kappa shape index (κ1) is 22.4. The van der Waals surface area contributed by atoms with Gasteiger partial charge in [-0.1, -0.05) is 29.8 Å². The molecule has 2 aliphatic rings. The maximum absolute atomic E-state index is 13.1. The van der Waals surface area contributed by atoms with Gasteiger partial charge in [0.15, 0.2) is 0 Å². The lowest BCUT2D eigenvalue weighted by molar-refractivity contribution is 0.0726. The molecule has 0 unspecified atom stereocenters. The fourth-order valence-corrected chi connectivity index (χ4v) is 5.09. The van der Waals surface area contributed by atoms with E-state index in [1.165, 1.54) is 17.5 Å². The highest BCUT2D eigenvalue weighted by atomic mass is 16.2. The van der Waals surface area contributed by atoms with E-state index in [0.29, 0.717) is 18.0 Å². The van der Waals surface area contributed by atoms with E-state index < -0.39 is 0 Å². The van der Waals surface area contributed by atoms with Crippen molar-refractivity contribution in [2.75, 3.05) is 26.2 Å². The van der Waals surface area contributed by atoms with E-state index in [2.05, 4.69) is 53.7 Å². The number of nitrogens with zero attached hydrogens (tertiary/aromatic N) is 4. The van der Waals surface area contributed by atoms with Gasteiger partial charge in [0.2, 0.25) is 0 Å². The number of aryl methyl sites for hydroxylation is 1. The molecule has 4 heterocycles. The molecule has 178 valence electrons. The quantitative estimate of drug-likeness (QED) is 0.630. The van der Waals surface area contributed by atoms with Gasteiger partial charge in [0.25, 0.3) is 5.91 Å². The summed E-state index contributed by atoms with van der Waals surface area (Å²) in [5.41, 5.74) is 5.12. The Kier molecular flexibility index (Phi) is 6.52. The Morgan fingerprint density at radius 3 is 2.44 bits per heavy atom. The minimum absolute atomic E-state index is 0.000295. The van der Waals surface area contributed by atoms with Crippen LogP contribution in [0.25, 0.3) is 5.52 Å². The van der Waals surface area contributed by atoms with Gasteiger partial charge in [0, 0.05) is 38.9 Å². The van der Waals surface area contributed by atoms with E-state index >= 15 is 0 Å². The first-order chi connectivity index (χ1) is 16.6. The molecule has 0 bridgehead atoms. The Labute approximate surface area is 200 Å². The third-order valence-corrected chi connectivity index (χ3v) is 7.24. The van der Waals surface area contributed by atoms with E-state index in [4.69, 9.17) is 0 Å². The van der Waals surface area contributed by atoms with Gasteiger partial charge >= 0.3 is 6.03 Å². The number of carbonyl (C=O) groups excluding carboxylic acids is 2. The van der Waals surface area contributed by atoms with Crippen molar-refractivity contribution in [1.29, 1.82) is 0 Å². The third kappa shape index (κ3) is 4.79. The Balaban J connectivity index is 1.21. The van der Waals surface area contributed by atoms with Gasteiger partial charge in [0.05, 0.1) is 17.3 Å². The van der Waals surface area contributed by atoms with Crippen molar-refractivity contribution in [3.05, 3.63) is 71.0 Å². The summed E-state index contributed by atoms with van der Waals surface area (Å²) < 4.78 is 1.80. The molecule has 0 spiro atoms. The highest BCUT2D eigenvalue weighted by Crippen LogP contribution is 2.30. The standard InChI is InChI=1S/C27H33N5O2/c1-20-5-7-21(8-6-20)18-28-27(34)31-14-9-22(10-15-31)23-11-16-32-25(17-23)24(19-29-32)26(33)30-12-3-2-4-13-30/h5-8,11,16-17,19,22H,2-4,9-10,12-15,18H2,1H3,(H,28,34). The minimum atomic E-state index is -0.000295. The number of benzene rings is 1. The molecule has 1 aromatic carbocycles. The number of likely N-dealkylation sites (tertiary alicyclic amines) is 2. The van der Waals surface area contributed by atoms with Gasteiger partial charge in [-0.25, -0.2) is 9.31 Å². The monoisotopic (exact) mass is 459 g/mol. The summed E-state index contributed by atoms with van der Waals surface area (Å²) in [4.78, 5) is 29.6. The molecule has 3 aromatic rings. The predicted octanol–water partition coefficient (Wildman–Crippen LogP) is 4.36. The van der Waals surface area contributed by atoms with Crippen LogP contribution in [0.1, 0.15) is 65.1 Å². The number of rotatable bonds is 4. The SMILES string of the molecule is Cc1ccc(CNC(=O)N2CCC(c3ccn4ncc(C(=O)N5CCCCC5)c4c3)CC2)cc1. The van der Waals surface area contributed by atoms with Gasteiger partial charge in [-0.2, -0.15) is 5.10 Å². The van der Waals surface area contributed by atoms with Crippen molar-refractivity contribution >= 4 is 17.5 Å². The second-order valence-corrected chi connectivity index (χ2v) is 9.61. The summed E-state index contributed by atoms with van der Waals surface area (Å²) in [6, 6.07) is 12.5. The van der Waals surface area contributed by atoms with Gasteiger partial charge < -0.3 is 15.1 Å². The summed E-state index contributed by atoms with van der Waals surface area (Å²) in [7, 11) is 0. The largest absolute Gasteiger partial charge is 0.339 e. The minimum Gasteiger partial charge on any atom is -0.339 e. The first-order valence-electron chi connectivity index (χ1n) is 12.4. The number of pyridine rings is 1. The topological polar surface area (TPSA) is 70.0 Å². The number of fused-ring (bicyclic) bond motifs is 1. The first-order valence-corrected chi connectivity index (χ1v) is 12.4. The molecule has 5 rings (SSSR count). The fourth-order valence-electron chi connectivity index (χ4n) is 5.09. The van der Waals surface area contributed by atoms with Gasteiger partial charge in [0.1, 0.15) is 0 Å². The van der Waals surface area contributed by atoms with Crippen LogP contribution >= 0.6 is 0 Å². The van der Waals surface area contributed by atoms with Crippen molar-refractivity contribution in [3.63, 3.8) is 0 Å². The fraction of sp³-hybridized carbons (Fsp3) is 0.444. The number of carbonyl (C=O) groups is 2. The van der Waals surface area contributed by atoms with Gasteiger partial charge in [-0.3, -0.25) is 4.79 Å². The van der Waals surface area contributed by atoms with E-state index in [0.717, 1.165) is 62.9 Å². The Morgan fingerprint density at radius 2 is 1.71 bits per heavy atom. The number of amides is 3. The Hall–Kier alpha value is -3.35. The average molecular weight is 460 g/mol. The zero-order chi connectivity index (χ0) is 23.5. The van der Waals surface area contributed by atoms with Crippen LogP contribution < -0.4 is 5.32 Å². The maximum atomic E-state index is 13.1. The molecular weight excluding hydrogens is 426 g/mol. The molecule has 0 saturated carbocycles. The van der Waals surface area contributed by atoms with Crippen LogP contribution in [-0.2, 0) is 6.54 Å². The van der Waals surface area contributed by atoms with Crippen LogP contribution in [0, 0.1) is 6.92 Å². The van der Waals surface area contributed by atoms with Crippen molar-refractivity contribution < 1.29 is 9.59 Å². The molecular formula is C27H33N5O2. The summed E-state index contributed by atoms with van der Waals surface area (Å²) in [5, 5.41) is 7.46. The molecule has 2 aliphatic heterocycles. The zero-order valence-corrected chi connectivity index (χ0v) is 19.9. The van der Waals surface area contributed by atoms with Crippen LogP contribution in [0.4, 0.5) is 4.79 Å². The summed E-state index contributed by atoms with van der Waals surface area (Å²) in [6.45, 7) is 5.73. The number of nitrogens with one attached hydrogen (secondary N) is 1. The van der Waals surface area contributed by atoms with Crippen LogP contribution in [0.3, 0.4) is 0 Å². The van der Waals surface area contributed by atoms with Crippen LogP contribution in [0.5, 0.6) is 0 Å². The number of hydrogen-bond donors (Lipinski definition) is 1. The normalized spacial score (nSPS) is 17.2. The summed E-state index contributed by atoms with van der Waals surface area (Å²) in [6.07, 6.45) is 8.84. The highest BCUT2D eigenvalue weighted by Gasteiger charge is 2.26. The van der Waals surface area contributed by atoms with Crippen LogP contribution in [0.2, 0.25) is 0 Å². The number of urea groups is 1. The molecule has 1 N–H and O–H groups in total. The Morgan fingerprint density at radius 1 is 0.971 bits per heavy atom.